The minimum atomic E-state index is -3.11. The van der Waals surface area contributed by atoms with Gasteiger partial charge >= 0.3 is 0 Å². The lowest BCUT2D eigenvalue weighted by Crippen LogP contribution is -2.32. The molecule has 0 heterocycles. The molecule has 0 saturated heterocycles. The summed E-state index contributed by atoms with van der Waals surface area (Å²) in [6.45, 7) is 4.42. The van der Waals surface area contributed by atoms with Gasteiger partial charge in [0.15, 0.2) is 0 Å². The smallest absolute Gasteiger partial charge is 0.211 e. The second kappa shape index (κ2) is 5.51. The standard InChI is InChI=1S/C10H20ClNO2S/c1-8(2)5-6-15(13,14)12-7-10(11)9-3-4-9/h8-10,12H,3-7H2,1-2H3. The quantitative estimate of drug-likeness (QED) is 0.705. The Morgan fingerprint density at radius 3 is 2.47 bits per heavy atom. The lowest BCUT2D eigenvalue weighted by molar-refractivity contribution is 0.558. The molecule has 1 rings (SSSR count). The Labute approximate surface area is 97.6 Å². The molecule has 1 atom stereocenters. The summed E-state index contributed by atoms with van der Waals surface area (Å²) in [5.74, 6) is 1.15. The highest BCUT2D eigenvalue weighted by Crippen LogP contribution is 2.35. The van der Waals surface area contributed by atoms with Crippen molar-refractivity contribution in [1.29, 1.82) is 0 Å². The highest BCUT2D eigenvalue weighted by atomic mass is 35.5. The van der Waals surface area contributed by atoms with Crippen molar-refractivity contribution in [3.8, 4) is 0 Å². The molecule has 0 aliphatic heterocycles. The van der Waals surface area contributed by atoms with Gasteiger partial charge < -0.3 is 0 Å². The van der Waals surface area contributed by atoms with Crippen LogP contribution in [-0.2, 0) is 10.0 Å². The molecule has 0 spiro atoms. The zero-order chi connectivity index (χ0) is 11.5. The molecule has 1 saturated carbocycles. The summed E-state index contributed by atoms with van der Waals surface area (Å²) < 4.78 is 25.6. The van der Waals surface area contributed by atoms with Crippen molar-refractivity contribution in [2.24, 2.45) is 11.8 Å². The molecule has 3 nitrogen and oxygen atoms in total. The maximum absolute atomic E-state index is 11.5. The summed E-state index contributed by atoms with van der Waals surface area (Å²) in [6.07, 6.45) is 2.98. The van der Waals surface area contributed by atoms with Crippen LogP contribution < -0.4 is 4.72 Å². The third-order valence-corrected chi connectivity index (χ3v) is 4.49. The van der Waals surface area contributed by atoms with Crippen LogP contribution in [0.3, 0.4) is 0 Å². The van der Waals surface area contributed by atoms with Gasteiger partial charge in [-0.3, -0.25) is 0 Å². The molecule has 0 radical (unpaired) electrons. The highest BCUT2D eigenvalue weighted by Gasteiger charge is 2.30. The van der Waals surface area contributed by atoms with Gasteiger partial charge in [0.1, 0.15) is 0 Å². The molecular formula is C10H20ClNO2S. The number of rotatable bonds is 7. The number of hydrogen-bond donors (Lipinski definition) is 1. The second-order valence-electron chi connectivity index (χ2n) is 4.70. The zero-order valence-electron chi connectivity index (χ0n) is 9.37. The Bertz CT molecular complexity index is 286. The van der Waals surface area contributed by atoms with Gasteiger partial charge in [0.05, 0.1) is 5.75 Å². The summed E-state index contributed by atoms with van der Waals surface area (Å²) in [4.78, 5) is 0. The Hall–Kier alpha value is 0.200. The van der Waals surface area contributed by atoms with Gasteiger partial charge in [-0.2, -0.15) is 0 Å². The predicted octanol–water partition coefficient (Wildman–Crippen LogP) is 1.97. The highest BCUT2D eigenvalue weighted by molar-refractivity contribution is 7.89. The van der Waals surface area contributed by atoms with Gasteiger partial charge in [-0.25, -0.2) is 13.1 Å². The lowest BCUT2D eigenvalue weighted by atomic mass is 10.2. The van der Waals surface area contributed by atoms with Gasteiger partial charge in [0.25, 0.3) is 0 Å². The van der Waals surface area contributed by atoms with Crippen LogP contribution in [0.2, 0.25) is 0 Å². The molecule has 1 unspecified atom stereocenters. The average Bonchev–Trinajstić information content (AvgIpc) is 2.94. The number of sulfonamides is 1. The van der Waals surface area contributed by atoms with Crippen molar-refractivity contribution in [2.75, 3.05) is 12.3 Å². The normalized spacial score (nSPS) is 19.5. The first-order chi connectivity index (χ1) is 6.91. The van der Waals surface area contributed by atoms with Crippen molar-refractivity contribution >= 4 is 21.6 Å². The van der Waals surface area contributed by atoms with E-state index in [0.29, 0.717) is 24.8 Å². The first kappa shape index (κ1) is 13.3. The SMILES string of the molecule is CC(C)CCS(=O)(=O)NCC(Cl)C1CC1. The summed E-state index contributed by atoms with van der Waals surface area (Å²) in [5, 5.41) is -0.0289. The molecule has 15 heavy (non-hydrogen) atoms. The molecule has 0 amide bonds. The van der Waals surface area contributed by atoms with Crippen molar-refractivity contribution in [2.45, 2.75) is 38.5 Å². The molecule has 5 heteroatoms. The maximum Gasteiger partial charge on any atom is 0.211 e. The fraction of sp³-hybridized carbons (Fsp3) is 1.00. The largest absolute Gasteiger partial charge is 0.214 e. The Kier molecular flexibility index (Phi) is 4.87. The molecule has 1 aliphatic carbocycles. The molecular weight excluding hydrogens is 234 g/mol. The molecule has 0 aromatic carbocycles. The first-order valence-electron chi connectivity index (χ1n) is 5.52. The van der Waals surface area contributed by atoms with E-state index in [-0.39, 0.29) is 11.1 Å². The fourth-order valence-electron chi connectivity index (χ4n) is 1.29. The third-order valence-electron chi connectivity index (χ3n) is 2.60. The van der Waals surface area contributed by atoms with E-state index in [0.717, 1.165) is 12.8 Å². The molecule has 1 aliphatic rings. The fourth-order valence-corrected chi connectivity index (χ4v) is 3.07. The molecule has 0 aromatic rings. The van der Waals surface area contributed by atoms with E-state index in [4.69, 9.17) is 11.6 Å². The van der Waals surface area contributed by atoms with Gasteiger partial charge in [-0.1, -0.05) is 13.8 Å². The van der Waals surface area contributed by atoms with Gasteiger partial charge in [0.2, 0.25) is 10.0 Å². The van der Waals surface area contributed by atoms with Crippen LogP contribution in [0, 0.1) is 11.8 Å². The summed E-state index contributed by atoms with van der Waals surface area (Å²) >= 11 is 6.02. The molecule has 90 valence electrons. The van der Waals surface area contributed by atoms with Gasteiger partial charge in [-0.05, 0) is 31.1 Å². The van der Waals surface area contributed by atoms with Crippen molar-refractivity contribution in [1.82, 2.24) is 4.72 Å². The molecule has 0 bridgehead atoms. The van der Waals surface area contributed by atoms with E-state index in [1.165, 1.54) is 0 Å². The van der Waals surface area contributed by atoms with Crippen LogP contribution in [0.4, 0.5) is 0 Å². The average molecular weight is 254 g/mol. The maximum atomic E-state index is 11.5. The number of halogens is 1. The van der Waals surface area contributed by atoms with Crippen molar-refractivity contribution < 1.29 is 8.42 Å². The van der Waals surface area contributed by atoms with Crippen LogP contribution in [0.1, 0.15) is 33.1 Å². The van der Waals surface area contributed by atoms with E-state index in [2.05, 4.69) is 4.72 Å². The van der Waals surface area contributed by atoms with E-state index in [1.54, 1.807) is 0 Å². The predicted molar refractivity (Wildman–Crippen MR) is 63.6 cm³/mol. The van der Waals surface area contributed by atoms with E-state index in [9.17, 15) is 8.42 Å². The van der Waals surface area contributed by atoms with Crippen LogP contribution in [0.15, 0.2) is 0 Å². The molecule has 1 fully saturated rings. The van der Waals surface area contributed by atoms with E-state index in [1.807, 2.05) is 13.8 Å². The van der Waals surface area contributed by atoms with Crippen molar-refractivity contribution in [3.63, 3.8) is 0 Å². The third kappa shape index (κ3) is 5.73. The lowest BCUT2D eigenvalue weighted by Gasteiger charge is -2.11. The van der Waals surface area contributed by atoms with E-state index >= 15 is 0 Å². The Morgan fingerprint density at radius 2 is 2.00 bits per heavy atom. The van der Waals surface area contributed by atoms with E-state index < -0.39 is 10.0 Å². The number of nitrogens with one attached hydrogen (secondary N) is 1. The first-order valence-corrected chi connectivity index (χ1v) is 7.61. The Balaban J connectivity index is 2.22. The van der Waals surface area contributed by atoms with Crippen LogP contribution in [-0.4, -0.2) is 26.1 Å². The van der Waals surface area contributed by atoms with Crippen LogP contribution in [0.5, 0.6) is 0 Å². The summed E-state index contributed by atoms with van der Waals surface area (Å²) in [5.41, 5.74) is 0. The Morgan fingerprint density at radius 1 is 1.40 bits per heavy atom. The number of alkyl halides is 1. The zero-order valence-corrected chi connectivity index (χ0v) is 10.9. The topological polar surface area (TPSA) is 46.2 Å². The summed E-state index contributed by atoms with van der Waals surface area (Å²) in [7, 11) is -3.11. The monoisotopic (exact) mass is 253 g/mol. The molecule has 0 aromatic heterocycles. The second-order valence-corrected chi connectivity index (χ2v) is 7.19. The van der Waals surface area contributed by atoms with Gasteiger partial charge in [-0.15, -0.1) is 11.6 Å². The molecule has 1 N–H and O–H groups in total. The minimum Gasteiger partial charge on any atom is -0.214 e. The van der Waals surface area contributed by atoms with Crippen LogP contribution in [0.25, 0.3) is 0 Å². The minimum absolute atomic E-state index is 0.0289. The summed E-state index contributed by atoms with van der Waals surface area (Å²) in [6, 6.07) is 0. The van der Waals surface area contributed by atoms with Crippen LogP contribution >= 0.6 is 11.6 Å². The number of hydrogen-bond acceptors (Lipinski definition) is 2. The van der Waals surface area contributed by atoms with Gasteiger partial charge in [0, 0.05) is 11.9 Å². The van der Waals surface area contributed by atoms with Crippen molar-refractivity contribution in [3.05, 3.63) is 0 Å².